The molecule has 1 amide bonds. The molecule has 0 aromatic carbocycles. The van der Waals surface area contributed by atoms with E-state index < -0.39 is 49.5 Å². The lowest BCUT2D eigenvalue weighted by Crippen LogP contribution is -2.60. The molecule has 374 valence electrons. The van der Waals surface area contributed by atoms with E-state index in [0.717, 1.165) is 44.9 Å². The lowest BCUT2D eigenvalue weighted by Gasteiger charge is -2.40. The Morgan fingerprint density at radius 3 is 1.24 bits per heavy atom. The molecule has 9 nitrogen and oxygen atoms in total. The Balaban J connectivity index is 1.98. The number of amides is 1. The summed E-state index contributed by atoms with van der Waals surface area (Å²) in [5.41, 5.74) is 0. The number of carbonyl (C=O) groups excluding carboxylic acids is 1. The molecular weight excluding hydrogens is 791 g/mol. The summed E-state index contributed by atoms with van der Waals surface area (Å²) in [5.74, 6) is -0.177. The zero-order valence-corrected chi connectivity index (χ0v) is 41.4. The Labute approximate surface area is 388 Å². The molecular formula is C54H105NO8. The summed E-state index contributed by atoms with van der Waals surface area (Å²) in [4.78, 5) is 12.9. The third-order valence-electron chi connectivity index (χ3n) is 13.4. The Morgan fingerprint density at radius 2 is 0.873 bits per heavy atom. The van der Waals surface area contributed by atoms with Crippen LogP contribution in [0.15, 0.2) is 12.2 Å². The van der Waals surface area contributed by atoms with Crippen molar-refractivity contribution in [2.24, 2.45) is 0 Å². The van der Waals surface area contributed by atoms with Crippen LogP contribution in [0.3, 0.4) is 0 Å². The van der Waals surface area contributed by atoms with Crippen molar-refractivity contribution < 1.29 is 39.8 Å². The van der Waals surface area contributed by atoms with Gasteiger partial charge >= 0.3 is 0 Å². The van der Waals surface area contributed by atoms with E-state index in [4.69, 9.17) is 9.47 Å². The van der Waals surface area contributed by atoms with Gasteiger partial charge in [-0.3, -0.25) is 4.79 Å². The third kappa shape index (κ3) is 34.8. The van der Waals surface area contributed by atoms with Gasteiger partial charge in [-0.1, -0.05) is 257 Å². The van der Waals surface area contributed by atoms with E-state index in [2.05, 4.69) is 19.2 Å². The molecule has 9 heteroatoms. The molecule has 6 N–H and O–H groups in total. The fraction of sp³-hybridized carbons (Fsp3) is 0.944. The SMILES string of the molecule is CCCCCC/C=C/C(O)C(COC1OC(CO)C(O)C(O)C1O)NC(=O)CCCCCCCCCCCCCCCCCCCCCCCCCCCCCCCCCCCC. The zero-order valence-electron chi connectivity index (χ0n) is 41.4. The molecule has 0 aliphatic carbocycles. The number of hydrogen-bond acceptors (Lipinski definition) is 8. The highest BCUT2D eigenvalue weighted by molar-refractivity contribution is 5.76. The quantitative estimate of drug-likeness (QED) is 0.0261. The van der Waals surface area contributed by atoms with Gasteiger partial charge in [0.05, 0.1) is 25.4 Å². The van der Waals surface area contributed by atoms with Gasteiger partial charge in [-0.15, -0.1) is 0 Å². The van der Waals surface area contributed by atoms with Gasteiger partial charge in [0.2, 0.25) is 5.91 Å². The van der Waals surface area contributed by atoms with E-state index >= 15 is 0 Å². The maximum absolute atomic E-state index is 12.9. The molecule has 1 aliphatic heterocycles. The number of nitrogens with one attached hydrogen (secondary N) is 1. The second kappa shape index (κ2) is 44.7. The molecule has 1 rings (SSSR count). The maximum Gasteiger partial charge on any atom is 0.220 e. The van der Waals surface area contributed by atoms with Crippen molar-refractivity contribution in [3.63, 3.8) is 0 Å². The molecule has 1 fully saturated rings. The molecule has 0 aromatic rings. The molecule has 1 aliphatic rings. The second-order valence-electron chi connectivity index (χ2n) is 19.4. The van der Waals surface area contributed by atoms with Crippen LogP contribution in [0.2, 0.25) is 0 Å². The molecule has 0 aromatic heterocycles. The standard InChI is InChI=1S/C54H105NO8/c1-3-5-7-9-11-12-13-14-15-16-17-18-19-20-21-22-23-24-25-26-27-28-29-30-31-32-33-34-35-36-37-38-40-42-44-50(58)55-47(48(57)43-41-39-10-8-6-4-2)46-62-54-53(61)52(60)51(59)49(45-56)63-54/h41,43,47-49,51-54,56-57,59-61H,3-40,42,44-46H2,1-2H3,(H,55,58)/b43-41+. The van der Waals surface area contributed by atoms with Crippen molar-refractivity contribution in [2.45, 2.75) is 314 Å². The number of carbonyl (C=O) groups is 1. The predicted octanol–water partition coefficient (Wildman–Crippen LogP) is 12.8. The van der Waals surface area contributed by atoms with Gasteiger partial charge in [-0.25, -0.2) is 0 Å². The number of unbranched alkanes of at least 4 members (excludes halogenated alkanes) is 37. The van der Waals surface area contributed by atoms with Crippen molar-refractivity contribution in [3.05, 3.63) is 12.2 Å². The average Bonchev–Trinajstić information content (AvgIpc) is 3.28. The minimum atomic E-state index is -1.56. The lowest BCUT2D eigenvalue weighted by molar-refractivity contribution is -0.302. The lowest BCUT2D eigenvalue weighted by atomic mass is 9.99. The third-order valence-corrected chi connectivity index (χ3v) is 13.4. The van der Waals surface area contributed by atoms with Crippen LogP contribution in [-0.4, -0.2) is 87.5 Å². The van der Waals surface area contributed by atoms with Crippen LogP contribution >= 0.6 is 0 Å². The summed E-state index contributed by atoms with van der Waals surface area (Å²) in [7, 11) is 0. The van der Waals surface area contributed by atoms with Crippen LogP contribution < -0.4 is 5.32 Å². The fourth-order valence-electron chi connectivity index (χ4n) is 8.98. The topological polar surface area (TPSA) is 149 Å². The molecule has 0 bridgehead atoms. The van der Waals surface area contributed by atoms with Crippen LogP contribution in [-0.2, 0) is 14.3 Å². The van der Waals surface area contributed by atoms with E-state index in [9.17, 15) is 30.3 Å². The van der Waals surface area contributed by atoms with Crippen LogP contribution in [0.4, 0.5) is 0 Å². The van der Waals surface area contributed by atoms with Gasteiger partial charge in [0.15, 0.2) is 6.29 Å². The highest BCUT2D eigenvalue weighted by Gasteiger charge is 2.44. The van der Waals surface area contributed by atoms with Gasteiger partial charge in [0.25, 0.3) is 0 Å². The molecule has 7 atom stereocenters. The van der Waals surface area contributed by atoms with E-state index in [1.807, 2.05) is 6.08 Å². The molecule has 63 heavy (non-hydrogen) atoms. The summed E-state index contributed by atoms with van der Waals surface area (Å²) < 4.78 is 11.2. The summed E-state index contributed by atoms with van der Waals surface area (Å²) in [6.45, 7) is 3.71. The first-order valence-electron chi connectivity index (χ1n) is 27.4. The summed E-state index contributed by atoms with van der Waals surface area (Å²) in [5, 5.41) is 53.9. The number of hydrogen-bond donors (Lipinski definition) is 6. The normalized spacial score (nSPS) is 20.1. The first-order valence-corrected chi connectivity index (χ1v) is 27.4. The number of aliphatic hydroxyl groups is 5. The molecule has 0 radical (unpaired) electrons. The van der Waals surface area contributed by atoms with Crippen molar-refractivity contribution >= 4 is 5.91 Å². The molecule has 0 saturated carbocycles. The highest BCUT2D eigenvalue weighted by Crippen LogP contribution is 2.23. The van der Waals surface area contributed by atoms with Gasteiger partial charge in [0, 0.05) is 6.42 Å². The van der Waals surface area contributed by atoms with Crippen molar-refractivity contribution in [2.75, 3.05) is 13.2 Å². The smallest absolute Gasteiger partial charge is 0.220 e. The van der Waals surface area contributed by atoms with Crippen LogP contribution in [0.25, 0.3) is 0 Å². The Morgan fingerprint density at radius 1 is 0.524 bits per heavy atom. The van der Waals surface area contributed by atoms with Crippen molar-refractivity contribution in [1.29, 1.82) is 0 Å². The predicted molar refractivity (Wildman–Crippen MR) is 263 cm³/mol. The van der Waals surface area contributed by atoms with Gasteiger partial charge in [-0.05, 0) is 19.3 Å². The summed E-state index contributed by atoms with van der Waals surface area (Å²) in [6.07, 6.45) is 47.8. The van der Waals surface area contributed by atoms with Crippen LogP contribution in [0.1, 0.15) is 271 Å². The zero-order chi connectivity index (χ0) is 45.9. The van der Waals surface area contributed by atoms with E-state index in [0.29, 0.717) is 6.42 Å². The van der Waals surface area contributed by atoms with Crippen molar-refractivity contribution in [3.8, 4) is 0 Å². The monoisotopic (exact) mass is 896 g/mol. The number of rotatable bonds is 47. The summed E-state index contributed by atoms with van der Waals surface area (Å²) in [6, 6.07) is -0.796. The molecule has 7 unspecified atom stereocenters. The molecule has 1 heterocycles. The van der Waals surface area contributed by atoms with Crippen LogP contribution in [0, 0.1) is 0 Å². The van der Waals surface area contributed by atoms with Gasteiger partial charge < -0.3 is 40.3 Å². The fourth-order valence-corrected chi connectivity index (χ4v) is 8.98. The first-order chi connectivity index (χ1) is 30.8. The molecule has 0 spiro atoms. The maximum atomic E-state index is 12.9. The van der Waals surface area contributed by atoms with Gasteiger partial charge in [0.1, 0.15) is 24.4 Å². The number of ether oxygens (including phenoxy) is 2. The summed E-state index contributed by atoms with van der Waals surface area (Å²) >= 11 is 0. The minimum absolute atomic E-state index is 0.177. The number of allylic oxidation sites excluding steroid dienone is 1. The van der Waals surface area contributed by atoms with E-state index in [1.54, 1.807) is 6.08 Å². The van der Waals surface area contributed by atoms with Crippen LogP contribution in [0.5, 0.6) is 0 Å². The van der Waals surface area contributed by atoms with Crippen molar-refractivity contribution in [1.82, 2.24) is 5.32 Å². The molecule has 1 saturated heterocycles. The largest absolute Gasteiger partial charge is 0.394 e. The average molecular weight is 896 g/mol. The Hall–Kier alpha value is -1.07. The van der Waals surface area contributed by atoms with Gasteiger partial charge in [-0.2, -0.15) is 0 Å². The Kier molecular flexibility index (Phi) is 42.6. The Bertz CT molecular complexity index is 997. The highest BCUT2D eigenvalue weighted by atomic mass is 16.7. The first kappa shape index (κ1) is 59.9. The number of aliphatic hydroxyl groups excluding tert-OH is 5. The minimum Gasteiger partial charge on any atom is -0.394 e. The van der Waals surface area contributed by atoms with E-state index in [1.165, 1.54) is 205 Å². The van der Waals surface area contributed by atoms with E-state index in [-0.39, 0.29) is 12.5 Å². The second-order valence-corrected chi connectivity index (χ2v) is 19.4.